The van der Waals surface area contributed by atoms with Gasteiger partial charge in [0.1, 0.15) is 5.82 Å². The number of benzene rings is 2. The number of carbonyl (C=O) groups is 2. The van der Waals surface area contributed by atoms with E-state index >= 15 is 0 Å². The van der Waals surface area contributed by atoms with Crippen molar-refractivity contribution in [3.05, 3.63) is 65.5 Å². The largest absolute Gasteiger partial charge is 0.287 e. The highest BCUT2D eigenvalue weighted by Gasteiger charge is 2.44. The number of fused-ring (bicyclic) bond motifs is 1. The molecule has 0 radical (unpaired) electrons. The standard InChI is InChI=1S/C19H17FN2O2/c20-15-7-3-4-8-16(15)22-18(23)11-17(19(22)24)21-10-9-13-5-1-2-6-14(13)12-21/h1-8,17H,9-12H2/t17-/m0/s1. The fraction of sp³-hybridized carbons (Fsp3) is 0.263. The Bertz CT molecular complexity index is 821. The number of para-hydroxylation sites is 1. The minimum atomic E-state index is -0.552. The van der Waals surface area contributed by atoms with Crippen molar-refractivity contribution in [2.24, 2.45) is 0 Å². The molecule has 5 heteroatoms. The van der Waals surface area contributed by atoms with Crippen LogP contribution in [0, 0.1) is 5.82 Å². The molecule has 24 heavy (non-hydrogen) atoms. The van der Waals surface area contributed by atoms with Gasteiger partial charge in [-0.3, -0.25) is 14.5 Å². The third-order valence-electron chi connectivity index (χ3n) is 4.82. The lowest BCUT2D eigenvalue weighted by molar-refractivity contribution is -0.123. The highest BCUT2D eigenvalue weighted by molar-refractivity contribution is 6.22. The Morgan fingerprint density at radius 1 is 0.958 bits per heavy atom. The molecule has 4 rings (SSSR count). The van der Waals surface area contributed by atoms with Crippen molar-refractivity contribution in [1.82, 2.24) is 4.90 Å². The van der Waals surface area contributed by atoms with E-state index in [9.17, 15) is 14.0 Å². The van der Waals surface area contributed by atoms with Crippen LogP contribution in [0.2, 0.25) is 0 Å². The molecule has 0 bridgehead atoms. The number of halogens is 1. The minimum Gasteiger partial charge on any atom is -0.287 e. The van der Waals surface area contributed by atoms with Crippen LogP contribution in [-0.2, 0) is 22.6 Å². The second-order valence-electron chi connectivity index (χ2n) is 6.23. The van der Waals surface area contributed by atoms with Crippen molar-refractivity contribution in [2.45, 2.75) is 25.4 Å². The summed E-state index contributed by atoms with van der Waals surface area (Å²) in [5.74, 6) is -1.22. The molecule has 1 atom stereocenters. The number of hydrogen-bond donors (Lipinski definition) is 0. The van der Waals surface area contributed by atoms with Gasteiger partial charge < -0.3 is 0 Å². The number of amides is 2. The van der Waals surface area contributed by atoms with E-state index in [1.165, 1.54) is 23.3 Å². The number of carbonyl (C=O) groups excluding carboxylic acids is 2. The summed E-state index contributed by atoms with van der Waals surface area (Å²) in [6, 6.07) is 13.5. The van der Waals surface area contributed by atoms with Crippen LogP contribution in [0.4, 0.5) is 10.1 Å². The first-order chi connectivity index (χ1) is 11.6. The zero-order valence-electron chi connectivity index (χ0n) is 13.1. The molecule has 2 heterocycles. The molecule has 0 aliphatic carbocycles. The summed E-state index contributed by atoms with van der Waals surface area (Å²) in [5, 5.41) is 0. The highest BCUT2D eigenvalue weighted by Crippen LogP contribution is 2.30. The smallest absolute Gasteiger partial charge is 0.251 e. The van der Waals surface area contributed by atoms with Crippen molar-refractivity contribution >= 4 is 17.5 Å². The first-order valence-electron chi connectivity index (χ1n) is 8.07. The zero-order valence-corrected chi connectivity index (χ0v) is 13.1. The van der Waals surface area contributed by atoms with E-state index in [1.807, 2.05) is 17.0 Å². The number of nitrogens with zero attached hydrogens (tertiary/aromatic N) is 2. The molecule has 2 aliphatic heterocycles. The van der Waals surface area contributed by atoms with Crippen LogP contribution in [0.5, 0.6) is 0 Å². The van der Waals surface area contributed by atoms with Gasteiger partial charge in [-0.05, 0) is 29.7 Å². The quantitative estimate of drug-likeness (QED) is 0.797. The molecule has 4 nitrogen and oxygen atoms in total. The van der Waals surface area contributed by atoms with Crippen LogP contribution in [0.3, 0.4) is 0 Å². The van der Waals surface area contributed by atoms with E-state index < -0.39 is 11.9 Å². The third-order valence-corrected chi connectivity index (χ3v) is 4.82. The summed E-state index contributed by atoms with van der Waals surface area (Å²) in [4.78, 5) is 28.2. The van der Waals surface area contributed by atoms with Gasteiger partial charge in [0.05, 0.1) is 18.2 Å². The van der Waals surface area contributed by atoms with Crippen LogP contribution in [0.1, 0.15) is 17.5 Å². The molecule has 2 aliphatic rings. The maximum atomic E-state index is 14.0. The summed E-state index contributed by atoms with van der Waals surface area (Å²) >= 11 is 0. The molecular formula is C19H17FN2O2. The summed E-state index contributed by atoms with van der Waals surface area (Å²) in [6.07, 6.45) is 0.961. The predicted octanol–water partition coefficient (Wildman–Crippen LogP) is 2.52. The molecule has 0 saturated carbocycles. The lowest BCUT2D eigenvalue weighted by atomic mass is 9.98. The van der Waals surface area contributed by atoms with Gasteiger partial charge in [0, 0.05) is 13.1 Å². The van der Waals surface area contributed by atoms with Crippen LogP contribution in [-0.4, -0.2) is 29.3 Å². The van der Waals surface area contributed by atoms with Crippen LogP contribution < -0.4 is 4.90 Å². The number of rotatable bonds is 2. The van der Waals surface area contributed by atoms with Gasteiger partial charge in [0.2, 0.25) is 5.91 Å². The molecule has 2 amide bonds. The van der Waals surface area contributed by atoms with Crippen molar-refractivity contribution in [3.8, 4) is 0 Å². The van der Waals surface area contributed by atoms with Crippen LogP contribution >= 0.6 is 0 Å². The summed E-state index contributed by atoms with van der Waals surface area (Å²) < 4.78 is 14.0. The molecule has 1 saturated heterocycles. The van der Waals surface area contributed by atoms with E-state index in [1.54, 1.807) is 12.1 Å². The maximum Gasteiger partial charge on any atom is 0.251 e. The van der Waals surface area contributed by atoms with Crippen molar-refractivity contribution in [3.63, 3.8) is 0 Å². The van der Waals surface area contributed by atoms with Crippen LogP contribution in [0.15, 0.2) is 48.5 Å². The fourth-order valence-corrected chi connectivity index (χ4v) is 3.57. The molecule has 0 aromatic heterocycles. The van der Waals surface area contributed by atoms with E-state index in [2.05, 4.69) is 12.1 Å². The molecule has 2 aromatic rings. The maximum absolute atomic E-state index is 14.0. The lowest BCUT2D eigenvalue weighted by Crippen LogP contribution is -2.44. The SMILES string of the molecule is O=C1C[C@H](N2CCc3ccccc3C2)C(=O)N1c1ccccc1F. The van der Waals surface area contributed by atoms with Gasteiger partial charge in [0.25, 0.3) is 5.91 Å². The van der Waals surface area contributed by atoms with Gasteiger partial charge in [-0.1, -0.05) is 36.4 Å². The summed E-state index contributed by atoms with van der Waals surface area (Å²) in [5.41, 5.74) is 2.53. The minimum absolute atomic E-state index is 0.0485. The normalized spacial score (nSPS) is 21.2. The fourth-order valence-electron chi connectivity index (χ4n) is 3.57. The van der Waals surface area contributed by atoms with Crippen LogP contribution in [0.25, 0.3) is 0 Å². The van der Waals surface area contributed by atoms with E-state index in [4.69, 9.17) is 0 Å². The number of imide groups is 1. The molecule has 0 unspecified atom stereocenters. The second kappa shape index (κ2) is 5.83. The third kappa shape index (κ3) is 2.41. The molecule has 122 valence electrons. The van der Waals surface area contributed by atoms with E-state index in [-0.39, 0.29) is 23.9 Å². The highest BCUT2D eigenvalue weighted by atomic mass is 19.1. The molecule has 0 spiro atoms. The molecule has 2 aromatic carbocycles. The Balaban J connectivity index is 1.60. The summed E-state index contributed by atoms with van der Waals surface area (Å²) in [7, 11) is 0. The monoisotopic (exact) mass is 324 g/mol. The predicted molar refractivity (Wildman–Crippen MR) is 87.9 cm³/mol. The number of anilines is 1. The Kier molecular flexibility index (Phi) is 3.65. The van der Waals surface area contributed by atoms with Crippen molar-refractivity contribution < 1.29 is 14.0 Å². The molecular weight excluding hydrogens is 307 g/mol. The first-order valence-corrected chi connectivity index (χ1v) is 8.07. The molecule has 0 N–H and O–H groups in total. The van der Waals surface area contributed by atoms with E-state index in [0.717, 1.165) is 17.9 Å². The zero-order chi connectivity index (χ0) is 16.7. The Hall–Kier alpha value is -2.53. The van der Waals surface area contributed by atoms with Gasteiger partial charge >= 0.3 is 0 Å². The van der Waals surface area contributed by atoms with Crippen molar-refractivity contribution in [1.29, 1.82) is 0 Å². The average molecular weight is 324 g/mol. The average Bonchev–Trinajstić information content (AvgIpc) is 2.90. The van der Waals surface area contributed by atoms with Gasteiger partial charge in [-0.25, -0.2) is 9.29 Å². The van der Waals surface area contributed by atoms with Gasteiger partial charge in [-0.2, -0.15) is 0 Å². The summed E-state index contributed by atoms with van der Waals surface area (Å²) in [6.45, 7) is 1.37. The van der Waals surface area contributed by atoms with Crippen molar-refractivity contribution in [2.75, 3.05) is 11.4 Å². The Labute approximate surface area is 139 Å². The Morgan fingerprint density at radius 3 is 2.46 bits per heavy atom. The lowest BCUT2D eigenvalue weighted by Gasteiger charge is -2.32. The Morgan fingerprint density at radius 2 is 1.67 bits per heavy atom. The topological polar surface area (TPSA) is 40.6 Å². The van der Waals surface area contributed by atoms with Gasteiger partial charge in [-0.15, -0.1) is 0 Å². The number of hydrogen-bond acceptors (Lipinski definition) is 3. The second-order valence-corrected chi connectivity index (χ2v) is 6.23. The van der Waals surface area contributed by atoms with E-state index in [0.29, 0.717) is 6.54 Å². The molecule has 1 fully saturated rings. The first kappa shape index (κ1) is 15.0. The van der Waals surface area contributed by atoms with Gasteiger partial charge in [0.15, 0.2) is 0 Å².